The molecule has 0 bridgehead atoms. The molecule has 2 N–H and O–H groups in total. The van der Waals surface area contributed by atoms with Crippen molar-refractivity contribution in [3.63, 3.8) is 0 Å². The van der Waals surface area contributed by atoms with Crippen LogP contribution in [0.5, 0.6) is 11.5 Å². The summed E-state index contributed by atoms with van der Waals surface area (Å²) in [5.74, 6) is 1.25. The van der Waals surface area contributed by atoms with Crippen molar-refractivity contribution < 1.29 is 19.4 Å². The van der Waals surface area contributed by atoms with Crippen LogP contribution in [0.4, 0.5) is 5.95 Å². The molecule has 0 unspecified atom stereocenters. The zero-order valence-corrected chi connectivity index (χ0v) is 19.0. The number of pyridine rings is 1. The van der Waals surface area contributed by atoms with E-state index in [1.165, 1.54) is 0 Å². The summed E-state index contributed by atoms with van der Waals surface area (Å²) in [5, 5.41) is 12.8. The normalized spacial score (nSPS) is 10.9. The van der Waals surface area contributed by atoms with Gasteiger partial charge in [0.15, 0.2) is 0 Å². The molecule has 0 aliphatic rings. The van der Waals surface area contributed by atoms with Crippen molar-refractivity contribution in [3.05, 3.63) is 76.6 Å². The second-order valence-electron chi connectivity index (χ2n) is 7.78. The highest BCUT2D eigenvalue weighted by molar-refractivity contribution is 5.93. The van der Waals surface area contributed by atoms with Crippen LogP contribution in [0.2, 0.25) is 0 Å². The van der Waals surface area contributed by atoms with Crippen LogP contribution >= 0.6 is 0 Å². The highest BCUT2D eigenvalue weighted by Gasteiger charge is 2.15. The van der Waals surface area contributed by atoms with Gasteiger partial charge >= 0.3 is 5.97 Å². The predicted octanol–water partition coefficient (Wildman–Crippen LogP) is 4.42. The van der Waals surface area contributed by atoms with E-state index in [-0.39, 0.29) is 5.56 Å². The summed E-state index contributed by atoms with van der Waals surface area (Å²) >= 11 is 0. The fraction of sp³-hybridized carbons (Fsp3) is 0.240. The van der Waals surface area contributed by atoms with Gasteiger partial charge in [-0.2, -0.15) is 0 Å². The number of aromatic nitrogens is 3. The van der Waals surface area contributed by atoms with E-state index in [0.717, 1.165) is 39.4 Å². The van der Waals surface area contributed by atoms with Crippen molar-refractivity contribution in [2.45, 2.75) is 26.9 Å². The number of hydrogen-bond donors (Lipinski definition) is 2. The van der Waals surface area contributed by atoms with Crippen molar-refractivity contribution in [1.82, 2.24) is 14.5 Å². The number of anilines is 1. The van der Waals surface area contributed by atoms with Crippen LogP contribution < -0.4 is 14.8 Å². The maximum absolute atomic E-state index is 11.4. The van der Waals surface area contributed by atoms with E-state index >= 15 is 0 Å². The van der Waals surface area contributed by atoms with Gasteiger partial charge in [0.05, 0.1) is 49.6 Å². The first kappa shape index (κ1) is 22.1. The van der Waals surface area contributed by atoms with Crippen LogP contribution in [-0.4, -0.2) is 39.8 Å². The average molecular weight is 447 g/mol. The number of fused-ring (bicyclic) bond motifs is 1. The highest BCUT2D eigenvalue weighted by Crippen LogP contribution is 2.26. The molecule has 8 nitrogen and oxygen atoms in total. The lowest BCUT2D eigenvalue weighted by Crippen LogP contribution is -2.11. The van der Waals surface area contributed by atoms with Gasteiger partial charge in [0.1, 0.15) is 11.5 Å². The molecule has 8 heteroatoms. The van der Waals surface area contributed by atoms with Gasteiger partial charge in [0, 0.05) is 17.3 Å². The third kappa shape index (κ3) is 4.45. The Labute approximate surface area is 191 Å². The van der Waals surface area contributed by atoms with Gasteiger partial charge in [-0.05, 0) is 49.7 Å². The van der Waals surface area contributed by atoms with E-state index in [9.17, 15) is 9.90 Å². The Bertz CT molecular complexity index is 1310. The summed E-state index contributed by atoms with van der Waals surface area (Å²) < 4.78 is 12.8. The monoisotopic (exact) mass is 446 g/mol. The SMILES string of the molecule is COc1ccc(Cn2c(NCc3ncc(C)c(OC)c3C)nc3cc(C(=O)O)ccc32)cc1. The number of rotatable bonds is 8. The average Bonchev–Trinajstić information content (AvgIpc) is 3.15. The Morgan fingerprint density at radius 1 is 1.09 bits per heavy atom. The zero-order chi connectivity index (χ0) is 23.5. The summed E-state index contributed by atoms with van der Waals surface area (Å²) in [5.41, 5.74) is 5.51. The highest BCUT2D eigenvalue weighted by atomic mass is 16.5. The number of benzene rings is 2. The van der Waals surface area contributed by atoms with E-state index in [0.29, 0.717) is 24.6 Å². The number of carboxylic acid groups (broad SMARTS) is 1. The molecular weight excluding hydrogens is 420 g/mol. The lowest BCUT2D eigenvalue weighted by atomic mass is 10.1. The molecule has 0 spiro atoms. The Hall–Kier alpha value is -4.07. The van der Waals surface area contributed by atoms with Gasteiger partial charge in [-0.1, -0.05) is 12.1 Å². The number of aromatic carboxylic acids is 1. The molecule has 0 fully saturated rings. The van der Waals surface area contributed by atoms with E-state index < -0.39 is 5.97 Å². The number of hydrogen-bond acceptors (Lipinski definition) is 6. The van der Waals surface area contributed by atoms with Crippen molar-refractivity contribution in [3.8, 4) is 11.5 Å². The fourth-order valence-corrected chi connectivity index (χ4v) is 3.88. The fourth-order valence-electron chi connectivity index (χ4n) is 3.88. The van der Waals surface area contributed by atoms with Gasteiger partial charge in [-0.3, -0.25) is 4.98 Å². The van der Waals surface area contributed by atoms with E-state index in [1.54, 1.807) is 38.6 Å². The van der Waals surface area contributed by atoms with Gasteiger partial charge in [0.2, 0.25) is 5.95 Å². The molecule has 0 aliphatic carbocycles. The van der Waals surface area contributed by atoms with Crippen LogP contribution in [0, 0.1) is 13.8 Å². The number of aryl methyl sites for hydroxylation is 1. The molecule has 0 amide bonds. The minimum atomic E-state index is -0.984. The first-order valence-electron chi connectivity index (χ1n) is 10.5. The molecule has 0 aliphatic heterocycles. The standard InChI is InChI=1S/C25H26N4O4/c1-15-12-26-21(16(2)23(15)33-4)13-27-25-28-20-11-18(24(30)31)7-10-22(20)29(25)14-17-5-8-19(32-3)9-6-17/h5-12H,13-14H2,1-4H3,(H,27,28)(H,30,31). The third-order valence-electron chi connectivity index (χ3n) is 5.66. The number of ether oxygens (including phenoxy) is 2. The summed E-state index contributed by atoms with van der Waals surface area (Å²) in [6, 6.07) is 12.8. The molecular formula is C25H26N4O4. The van der Waals surface area contributed by atoms with Crippen molar-refractivity contribution >= 4 is 23.0 Å². The van der Waals surface area contributed by atoms with Gasteiger partial charge in [-0.15, -0.1) is 0 Å². The quantitative estimate of drug-likeness (QED) is 0.413. The van der Waals surface area contributed by atoms with E-state index in [1.807, 2.05) is 42.7 Å². The van der Waals surface area contributed by atoms with Crippen LogP contribution in [0.25, 0.3) is 11.0 Å². The molecule has 2 heterocycles. The zero-order valence-electron chi connectivity index (χ0n) is 19.0. The number of carbonyl (C=O) groups is 1. The summed E-state index contributed by atoms with van der Waals surface area (Å²) in [6.07, 6.45) is 1.79. The maximum atomic E-state index is 11.4. The van der Waals surface area contributed by atoms with Gasteiger partial charge in [-0.25, -0.2) is 9.78 Å². The number of nitrogens with zero attached hydrogens (tertiary/aromatic N) is 3. The second kappa shape index (κ2) is 9.20. The molecule has 4 aromatic rings. The van der Waals surface area contributed by atoms with E-state index in [2.05, 4.69) is 10.3 Å². The first-order valence-corrected chi connectivity index (χ1v) is 10.5. The molecule has 2 aromatic heterocycles. The third-order valence-corrected chi connectivity index (χ3v) is 5.66. The maximum Gasteiger partial charge on any atom is 0.335 e. The molecule has 2 aromatic carbocycles. The Morgan fingerprint density at radius 2 is 1.85 bits per heavy atom. The van der Waals surface area contributed by atoms with Gasteiger partial charge in [0.25, 0.3) is 0 Å². The lowest BCUT2D eigenvalue weighted by molar-refractivity contribution is 0.0697. The molecule has 170 valence electrons. The Kier molecular flexibility index (Phi) is 6.17. The van der Waals surface area contributed by atoms with Crippen LogP contribution in [0.3, 0.4) is 0 Å². The number of nitrogens with one attached hydrogen (secondary N) is 1. The Morgan fingerprint density at radius 3 is 2.52 bits per heavy atom. The number of imidazole rings is 1. The van der Waals surface area contributed by atoms with Crippen molar-refractivity contribution in [1.29, 1.82) is 0 Å². The largest absolute Gasteiger partial charge is 0.497 e. The molecule has 0 saturated carbocycles. The summed E-state index contributed by atoms with van der Waals surface area (Å²) in [6.45, 7) is 4.94. The van der Waals surface area contributed by atoms with Gasteiger partial charge < -0.3 is 24.5 Å². The lowest BCUT2D eigenvalue weighted by Gasteiger charge is -2.14. The predicted molar refractivity (Wildman–Crippen MR) is 126 cm³/mol. The number of methoxy groups -OCH3 is 2. The Balaban J connectivity index is 1.71. The first-order chi connectivity index (χ1) is 15.9. The molecule has 0 saturated heterocycles. The smallest absolute Gasteiger partial charge is 0.335 e. The van der Waals surface area contributed by atoms with Crippen LogP contribution in [0.1, 0.15) is 32.7 Å². The minimum Gasteiger partial charge on any atom is -0.497 e. The summed E-state index contributed by atoms with van der Waals surface area (Å²) in [7, 11) is 3.29. The molecule has 4 rings (SSSR count). The van der Waals surface area contributed by atoms with Crippen LogP contribution in [-0.2, 0) is 13.1 Å². The molecule has 33 heavy (non-hydrogen) atoms. The van der Waals surface area contributed by atoms with Crippen molar-refractivity contribution in [2.75, 3.05) is 19.5 Å². The summed E-state index contributed by atoms with van der Waals surface area (Å²) in [4.78, 5) is 20.7. The topological polar surface area (TPSA) is 98.5 Å². The van der Waals surface area contributed by atoms with Crippen LogP contribution in [0.15, 0.2) is 48.7 Å². The van der Waals surface area contributed by atoms with Crippen molar-refractivity contribution in [2.24, 2.45) is 0 Å². The van der Waals surface area contributed by atoms with E-state index in [4.69, 9.17) is 14.5 Å². The molecule has 0 atom stereocenters. The number of carboxylic acids is 1. The molecule has 0 radical (unpaired) electrons. The minimum absolute atomic E-state index is 0.198. The second-order valence-corrected chi connectivity index (χ2v) is 7.78.